The lowest BCUT2D eigenvalue weighted by molar-refractivity contribution is -0.0232. The molecule has 8 nitrogen and oxygen atoms in total. The molecule has 0 N–H and O–H groups in total. The van der Waals surface area contributed by atoms with E-state index in [9.17, 15) is 0 Å². The average molecular weight is 655 g/mol. The van der Waals surface area contributed by atoms with Gasteiger partial charge in [0.25, 0.3) is 0 Å². The zero-order valence-corrected chi connectivity index (χ0v) is 29.4. The third kappa shape index (κ3) is 42.0. The SMILES string of the molecule is CCCCCCCCCCCCCCCOCCOCCOCCOCCOCCOCCOCCOCCCCCCCl. The van der Waals surface area contributed by atoms with E-state index in [1.165, 1.54) is 89.9 Å². The monoisotopic (exact) mass is 654 g/mol. The van der Waals surface area contributed by atoms with Crippen molar-refractivity contribution in [3.8, 4) is 0 Å². The number of ether oxygens (including phenoxy) is 8. The van der Waals surface area contributed by atoms with Gasteiger partial charge in [-0.1, -0.05) is 96.8 Å². The molecular weight excluding hydrogens is 584 g/mol. The van der Waals surface area contributed by atoms with Crippen LogP contribution in [0.3, 0.4) is 0 Å². The Kier molecular flexibility index (Phi) is 42.9. The fraction of sp³-hybridized carbons (Fsp3) is 1.00. The van der Waals surface area contributed by atoms with E-state index in [2.05, 4.69) is 6.92 Å². The van der Waals surface area contributed by atoms with Crippen LogP contribution >= 0.6 is 11.6 Å². The van der Waals surface area contributed by atoms with Gasteiger partial charge in [0.05, 0.1) is 92.5 Å². The van der Waals surface area contributed by atoms with Crippen LogP contribution in [0.5, 0.6) is 0 Å². The summed E-state index contributed by atoms with van der Waals surface area (Å²) in [6.45, 7) is 12.0. The van der Waals surface area contributed by atoms with Gasteiger partial charge in [0, 0.05) is 19.1 Å². The summed E-state index contributed by atoms with van der Waals surface area (Å²) in [5.41, 5.74) is 0. The molecule has 0 rings (SSSR count). The number of hydrogen-bond acceptors (Lipinski definition) is 8. The second kappa shape index (κ2) is 43.0. The predicted octanol–water partition coefficient (Wildman–Crippen LogP) is 8.01. The summed E-state index contributed by atoms with van der Waals surface area (Å²) in [6, 6.07) is 0. The second-order valence-electron chi connectivity index (χ2n) is 11.2. The molecule has 266 valence electrons. The van der Waals surface area contributed by atoms with Crippen LogP contribution in [-0.4, -0.2) is 112 Å². The number of rotatable bonds is 41. The van der Waals surface area contributed by atoms with Gasteiger partial charge in [0.1, 0.15) is 0 Å². The van der Waals surface area contributed by atoms with Crippen molar-refractivity contribution in [3.63, 3.8) is 0 Å². The molecule has 0 aliphatic carbocycles. The number of alkyl halides is 1. The van der Waals surface area contributed by atoms with Crippen molar-refractivity contribution in [1.29, 1.82) is 0 Å². The fourth-order valence-corrected chi connectivity index (χ4v) is 4.70. The molecule has 0 radical (unpaired) electrons. The summed E-state index contributed by atoms with van der Waals surface area (Å²) < 4.78 is 44.3. The van der Waals surface area contributed by atoms with Crippen LogP contribution in [0, 0.1) is 0 Å². The lowest BCUT2D eigenvalue weighted by Gasteiger charge is -2.09. The molecule has 0 aliphatic rings. The van der Waals surface area contributed by atoms with Crippen molar-refractivity contribution in [1.82, 2.24) is 0 Å². The molecule has 0 bridgehead atoms. The standard InChI is InChI=1S/C35H71ClO8/c1-2-3-4-5-6-7-8-9-10-11-12-14-17-20-37-22-24-39-26-28-41-30-32-43-34-35-44-33-31-42-29-27-40-25-23-38-21-18-15-13-16-19-36/h2-35H2,1H3. The molecule has 0 fully saturated rings. The molecule has 0 heterocycles. The van der Waals surface area contributed by atoms with Gasteiger partial charge in [0.2, 0.25) is 0 Å². The van der Waals surface area contributed by atoms with Gasteiger partial charge in [-0.05, 0) is 19.3 Å². The molecule has 44 heavy (non-hydrogen) atoms. The summed E-state index contributed by atoms with van der Waals surface area (Å²) >= 11 is 5.66. The van der Waals surface area contributed by atoms with Crippen molar-refractivity contribution in [2.75, 3.05) is 112 Å². The Morgan fingerprint density at radius 2 is 0.455 bits per heavy atom. The maximum atomic E-state index is 5.67. The summed E-state index contributed by atoms with van der Waals surface area (Å²) in [5, 5.41) is 0. The van der Waals surface area contributed by atoms with Gasteiger partial charge < -0.3 is 37.9 Å². The highest BCUT2D eigenvalue weighted by Crippen LogP contribution is 2.12. The van der Waals surface area contributed by atoms with Crippen molar-refractivity contribution >= 4 is 11.6 Å². The van der Waals surface area contributed by atoms with Crippen molar-refractivity contribution in [2.45, 2.75) is 116 Å². The Balaban J connectivity index is 3.03. The number of hydrogen-bond donors (Lipinski definition) is 0. The number of unbranched alkanes of at least 4 members (excludes halogenated alkanes) is 15. The van der Waals surface area contributed by atoms with Crippen LogP contribution in [0.25, 0.3) is 0 Å². The van der Waals surface area contributed by atoms with Gasteiger partial charge >= 0.3 is 0 Å². The predicted molar refractivity (Wildman–Crippen MR) is 181 cm³/mol. The van der Waals surface area contributed by atoms with E-state index in [1.807, 2.05) is 0 Å². The smallest absolute Gasteiger partial charge is 0.0701 e. The summed E-state index contributed by atoms with van der Waals surface area (Å²) in [6.07, 6.45) is 22.4. The van der Waals surface area contributed by atoms with Gasteiger partial charge in [0.15, 0.2) is 0 Å². The third-order valence-electron chi connectivity index (χ3n) is 7.17. The second-order valence-corrected chi connectivity index (χ2v) is 11.6. The largest absolute Gasteiger partial charge is 0.379 e. The van der Waals surface area contributed by atoms with Crippen molar-refractivity contribution in [3.05, 3.63) is 0 Å². The molecule has 0 aromatic carbocycles. The Bertz CT molecular complexity index is 448. The van der Waals surface area contributed by atoms with Gasteiger partial charge in [-0.25, -0.2) is 0 Å². The van der Waals surface area contributed by atoms with Crippen LogP contribution in [0.4, 0.5) is 0 Å². The van der Waals surface area contributed by atoms with Crippen molar-refractivity contribution in [2.24, 2.45) is 0 Å². The third-order valence-corrected chi connectivity index (χ3v) is 7.44. The summed E-state index contributed by atoms with van der Waals surface area (Å²) in [5.74, 6) is 0.751. The maximum Gasteiger partial charge on any atom is 0.0701 e. The first-order chi connectivity index (χ1) is 21.9. The molecule has 0 saturated carbocycles. The van der Waals surface area contributed by atoms with Gasteiger partial charge in [-0.3, -0.25) is 0 Å². The Hall–Kier alpha value is -0.0300. The van der Waals surface area contributed by atoms with E-state index in [1.54, 1.807) is 0 Å². The lowest BCUT2D eigenvalue weighted by Crippen LogP contribution is -2.15. The summed E-state index contributed by atoms with van der Waals surface area (Å²) in [7, 11) is 0. The molecule has 0 unspecified atom stereocenters. The Morgan fingerprint density at radius 3 is 0.705 bits per heavy atom. The lowest BCUT2D eigenvalue weighted by atomic mass is 10.0. The normalized spacial score (nSPS) is 11.6. The highest BCUT2D eigenvalue weighted by atomic mass is 35.5. The first kappa shape index (κ1) is 44.0. The zero-order valence-electron chi connectivity index (χ0n) is 28.7. The molecule has 9 heteroatoms. The van der Waals surface area contributed by atoms with Gasteiger partial charge in [-0.2, -0.15) is 0 Å². The van der Waals surface area contributed by atoms with E-state index in [0.29, 0.717) is 92.5 Å². The van der Waals surface area contributed by atoms with E-state index in [4.69, 9.17) is 49.5 Å². The molecule has 0 spiro atoms. The molecule has 0 aliphatic heterocycles. The topological polar surface area (TPSA) is 73.8 Å². The summed E-state index contributed by atoms with van der Waals surface area (Å²) in [4.78, 5) is 0. The maximum absolute atomic E-state index is 5.67. The van der Waals surface area contributed by atoms with Crippen molar-refractivity contribution < 1.29 is 37.9 Å². The van der Waals surface area contributed by atoms with Gasteiger partial charge in [-0.15, -0.1) is 11.6 Å². The molecule has 0 amide bonds. The van der Waals surface area contributed by atoms with E-state index < -0.39 is 0 Å². The highest BCUT2D eigenvalue weighted by Gasteiger charge is 1.97. The Morgan fingerprint density at radius 1 is 0.250 bits per heavy atom. The minimum atomic E-state index is 0.547. The van der Waals surface area contributed by atoms with Crippen LogP contribution in [0.2, 0.25) is 0 Å². The zero-order chi connectivity index (χ0) is 31.7. The van der Waals surface area contributed by atoms with Crippen LogP contribution in [0.1, 0.15) is 116 Å². The van der Waals surface area contributed by atoms with Crippen LogP contribution in [-0.2, 0) is 37.9 Å². The van der Waals surface area contributed by atoms with Crippen LogP contribution in [0.15, 0.2) is 0 Å². The molecular formula is C35H71ClO8. The fourth-order valence-electron chi connectivity index (χ4n) is 4.52. The molecule has 0 aromatic rings. The van der Waals surface area contributed by atoms with E-state index in [-0.39, 0.29) is 0 Å². The van der Waals surface area contributed by atoms with Crippen LogP contribution < -0.4 is 0 Å². The highest BCUT2D eigenvalue weighted by molar-refractivity contribution is 6.17. The van der Waals surface area contributed by atoms with E-state index >= 15 is 0 Å². The quantitative estimate of drug-likeness (QED) is 0.0485. The molecule has 0 aromatic heterocycles. The number of halogens is 1. The Labute approximate surface area is 276 Å². The minimum Gasteiger partial charge on any atom is -0.379 e. The average Bonchev–Trinajstić information content (AvgIpc) is 3.04. The molecule has 0 saturated heterocycles. The van der Waals surface area contributed by atoms with E-state index in [0.717, 1.165) is 38.4 Å². The first-order valence-electron chi connectivity index (χ1n) is 18.1. The minimum absolute atomic E-state index is 0.547. The molecule has 0 atom stereocenters. The first-order valence-corrected chi connectivity index (χ1v) is 18.6.